The monoisotopic (exact) mass is 180 g/mol. The van der Waals surface area contributed by atoms with Crippen molar-refractivity contribution >= 4 is 5.82 Å². The van der Waals surface area contributed by atoms with E-state index in [2.05, 4.69) is 17.2 Å². The summed E-state index contributed by atoms with van der Waals surface area (Å²) in [7, 11) is 0. The van der Waals surface area contributed by atoms with Gasteiger partial charge in [-0.1, -0.05) is 6.92 Å². The first kappa shape index (κ1) is 8.48. The summed E-state index contributed by atoms with van der Waals surface area (Å²) in [5.41, 5.74) is 0. The van der Waals surface area contributed by atoms with Crippen molar-refractivity contribution in [3.8, 4) is 0 Å². The number of anilines is 1. The summed E-state index contributed by atoms with van der Waals surface area (Å²) in [5, 5.41) is 3.19. The van der Waals surface area contributed by atoms with Gasteiger partial charge in [0.25, 0.3) is 0 Å². The lowest BCUT2D eigenvalue weighted by molar-refractivity contribution is 0.621. The number of nitrogens with one attached hydrogen (secondary N) is 1. The number of aromatic nitrogens is 1. The highest BCUT2D eigenvalue weighted by Gasteiger charge is 2.31. The predicted octanol–water partition coefficient (Wildman–Crippen LogP) is 2.29. The van der Waals surface area contributed by atoms with E-state index in [0.29, 0.717) is 0 Å². The number of halogens is 1. The molecule has 1 aromatic rings. The maximum absolute atomic E-state index is 12.5. The lowest BCUT2D eigenvalue weighted by Crippen LogP contribution is -2.05. The van der Waals surface area contributed by atoms with Gasteiger partial charge in [0.15, 0.2) is 0 Å². The van der Waals surface area contributed by atoms with E-state index in [-0.39, 0.29) is 5.82 Å². The Balaban J connectivity index is 1.84. The Morgan fingerprint density at radius 1 is 1.62 bits per heavy atom. The number of nitrogens with zero attached hydrogens (tertiary/aromatic N) is 1. The van der Waals surface area contributed by atoms with Crippen molar-refractivity contribution in [3.63, 3.8) is 0 Å². The van der Waals surface area contributed by atoms with Crippen molar-refractivity contribution in [1.82, 2.24) is 4.98 Å². The van der Waals surface area contributed by atoms with E-state index < -0.39 is 0 Å². The second kappa shape index (κ2) is 3.32. The van der Waals surface area contributed by atoms with Crippen LogP contribution in [0.15, 0.2) is 18.3 Å². The zero-order valence-electron chi connectivity index (χ0n) is 7.63. The van der Waals surface area contributed by atoms with Gasteiger partial charge >= 0.3 is 0 Å². The molecule has 1 aromatic heterocycles. The molecule has 70 valence electrons. The lowest BCUT2D eigenvalue weighted by atomic mass is 10.3. The molecule has 0 bridgehead atoms. The van der Waals surface area contributed by atoms with E-state index in [1.54, 1.807) is 6.07 Å². The molecule has 2 rings (SSSR count). The summed E-state index contributed by atoms with van der Waals surface area (Å²) in [6.07, 6.45) is 2.53. The second-order valence-corrected chi connectivity index (χ2v) is 3.72. The van der Waals surface area contributed by atoms with Crippen LogP contribution in [-0.2, 0) is 0 Å². The van der Waals surface area contributed by atoms with E-state index in [9.17, 15) is 4.39 Å². The number of rotatable bonds is 3. The van der Waals surface area contributed by atoms with Gasteiger partial charge in [-0.15, -0.1) is 0 Å². The molecule has 1 aliphatic carbocycles. The fraction of sp³-hybridized carbons (Fsp3) is 0.500. The molecule has 0 aromatic carbocycles. The molecule has 0 radical (unpaired) electrons. The zero-order chi connectivity index (χ0) is 9.26. The lowest BCUT2D eigenvalue weighted by Gasteiger charge is -2.03. The molecule has 1 heterocycles. The molecule has 3 heteroatoms. The topological polar surface area (TPSA) is 24.9 Å². The smallest absolute Gasteiger partial charge is 0.141 e. The van der Waals surface area contributed by atoms with Crippen molar-refractivity contribution < 1.29 is 4.39 Å². The van der Waals surface area contributed by atoms with E-state index in [0.717, 1.165) is 24.2 Å². The highest BCUT2D eigenvalue weighted by molar-refractivity contribution is 5.33. The molecular weight excluding hydrogens is 167 g/mol. The fourth-order valence-electron chi connectivity index (χ4n) is 1.40. The molecule has 1 aliphatic rings. The van der Waals surface area contributed by atoms with Gasteiger partial charge in [0, 0.05) is 6.54 Å². The molecule has 0 amide bonds. The normalized spacial score (nSPS) is 25.7. The van der Waals surface area contributed by atoms with Crippen LogP contribution < -0.4 is 5.32 Å². The Kier molecular flexibility index (Phi) is 2.17. The Bertz CT molecular complexity index is 283. The highest BCUT2D eigenvalue weighted by Crippen LogP contribution is 2.37. The summed E-state index contributed by atoms with van der Waals surface area (Å²) in [6, 6.07) is 3.09. The van der Waals surface area contributed by atoms with Gasteiger partial charge in [-0.3, -0.25) is 0 Å². The highest BCUT2D eigenvalue weighted by atomic mass is 19.1. The van der Waals surface area contributed by atoms with Crippen LogP contribution in [0.4, 0.5) is 10.2 Å². The number of hydrogen-bond acceptors (Lipinski definition) is 2. The van der Waals surface area contributed by atoms with E-state index in [1.807, 2.05) is 0 Å². The van der Waals surface area contributed by atoms with Gasteiger partial charge in [0.1, 0.15) is 11.6 Å². The fourth-order valence-corrected chi connectivity index (χ4v) is 1.40. The van der Waals surface area contributed by atoms with Gasteiger partial charge in [-0.05, 0) is 30.4 Å². The quantitative estimate of drug-likeness (QED) is 0.772. The van der Waals surface area contributed by atoms with Crippen LogP contribution in [-0.4, -0.2) is 11.5 Å². The zero-order valence-corrected chi connectivity index (χ0v) is 7.63. The summed E-state index contributed by atoms with van der Waals surface area (Å²) in [6.45, 7) is 3.20. The van der Waals surface area contributed by atoms with E-state index >= 15 is 0 Å². The third-order valence-corrected chi connectivity index (χ3v) is 2.55. The predicted molar refractivity (Wildman–Crippen MR) is 50.0 cm³/mol. The minimum atomic E-state index is -0.287. The maximum Gasteiger partial charge on any atom is 0.141 e. The van der Waals surface area contributed by atoms with Crippen molar-refractivity contribution in [2.75, 3.05) is 11.9 Å². The Morgan fingerprint density at radius 3 is 2.92 bits per heavy atom. The molecule has 0 spiro atoms. The third kappa shape index (κ3) is 2.17. The van der Waals surface area contributed by atoms with Crippen molar-refractivity contribution in [1.29, 1.82) is 0 Å². The minimum Gasteiger partial charge on any atom is -0.370 e. The molecule has 2 atom stereocenters. The van der Waals surface area contributed by atoms with Crippen LogP contribution in [0.2, 0.25) is 0 Å². The number of hydrogen-bond donors (Lipinski definition) is 1. The summed E-state index contributed by atoms with van der Waals surface area (Å²) in [4.78, 5) is 3.92. The van der Waals surface area contributed by atoms with Crippen molar-refractivity contribution in [2.45, 2.75) is 13.3 Å². The van der Waals surface area contributed by atoms with E-state index in [4.69, 9.17) is 0 Å². The third-order valence-electron chi connectivity index (χ3n) is 2.55. The van der Waals surface area contributed by atoms with Gasteiger partial charge in [0.05, 0.1) is 6.20 Å². The Labute approximate surface area is 77.2 Å². The number of pyridine rings is 1. The van der Waals surface area contributed by atoms with Crippen LogP contribution in [0, 0.1) is 17.7 Å². The summed E-state index contributed by atoms with van der Waals surface area (Å²) < 4.78 is 12.5. The first-order chi connectivity index (χ1) is 6.25. The molecule has 13 heavy (non-hydrogen) atoms. The van der Waals surface area contributed by atoms with Crippen LogP contribution >= 0.6 is 0 Å². The van der Waals surface area contributed by atoms with Crippen molar-refractivity contribution in [2.24, 2.45) is 11.8 Å². The molecule has 1 N–H and O–H groups in total. The molecule has 0 aliphatic heterocycles. The second-order valence-electron chi connectivity index (χ2n) is 3.72. The van der Waals surface area contributed by atoms with Crippen LogP contribution in [0.1, 0.15) is 13.3 Å². The standard InChI is InChI=1S/C10H13FN2/c1-7-4-8(7)5-12-10-3-2-9(11)6-13-10/h2-3,6-8H,4-5H2,1H3,(H,12,13). The Morgan fingerprint density at radius 2 is 2.38 bits per heavy atom. The van der Waals surface area contributed by atoms with Crippen LogP contribution in [0.5, 0.6) is 0 Å². The molecule has 0 saturated heterocycles. The average molecular weight is 180 g/mol. The molecule has 2 unspecified atom stereocenters. The van der Waals surface area contributed by atoms with Gasteiger partial charge < -0.3 is 5.32 Å². The maximum atomic E-state index is 12.5. The Hall–Kier alpha value is -1.12. The average Bonchev–Trinajstić information content (AvgIpc) is 2.81. The largest absolute Gasteiger partial charge is 0.370 e. The van der Waals surface area contributed by atoms with E-state index in [1.165, 1.54) is 18.7 Å². The minimum absolute atomic E-state index is 0.287. The van der Waals surface area contributed by atoms with Gasteiger partial charge in [-0.2, -0.15) is 0 Å². The summed E-state index contributed by atoms with van der Waals surface area (Å²) >= 11 is 0. The molecular formula is C10H13FN2. The van der Waals surface area contributed by atoms with Crippen molar-refractivity contribution in [3.05, 3.63) is 24.1 Å². The van der Waals surface area contributed by atoms with Gasteiger partial charge in [0.2, 0.25) is 0 Å². The SMILES string of the molecule is CC1CC1CNc1ccc(F)cn1. The van der Waals surface area contributed by atoms with Gasteiger partial charge in [-0.25, -0.2) is 9.37 Å². The van der Waals surface area contributed by atoms with Crippen LogP contribution in [0.3, 0.4) is 0 Å². The molecule has 1 saturated carbocycles. The first-order valence-corrected chi connectivity index (χ1v) is 4.61. The molecule has 1 fully saturated rings. The van der Waals surface area contributed by atoms with Crippen LogP contribution in [0.25, 0.3) is 0 Å². The molecule has 2 nitrogen and oxygen atoms in total. The summed E-state index contributed by atoms with van der Waals surface area (Å²) in [5.74, 6) is 2.10. The first-order valence-electron chi connectivity index (χ1n) is 4.61.